The van der Waals surface area contributed by atoms with E-state index >= 15 is 0 Å². The molecule has 6 heteroatoms. The third kappa shape index (κ3) is 4.04. The highest BCUT2D eigenvalue weighted by Gasteiger charge is 2.10. The van der Waals surface area contributed by atoms with E-state index in [0.29, 0.717) is 5.69 Å². The van der Waals surface area contributed by atoms with Gasteiger partial charge in [-0.1, -0.05) is 24.3 Å². The van der Waals surface area contributed by atoms with E-state index in [-0.39, 0.29) is 18.1 Å². The van der Waals surface area contributed by atoms with Crippen LogP contribution in [-0.2, 0) is 4.79 Å². The number of benzene rings is 2. The number of amides is 1. The number of nitrogens with zero attached hydrogens (tertiary/aromatic N) is 2. The van der Waals surface area contributed by atoms with Crippen molar-refractivity contribution in [3.63, 3.8) is 0 Å². The SMILES string of the molecule is CN(CC(=O)Nc1cccc([N+](=O)[O-])c1)c1ccccc1. The molecule has 0 radical (unpaired) electrons. The first-order valence-corrected chi connectivity index (χ1v) is 6.37. The van der Waals surface area contributed by atoms with Crippen LogP contribution >= 0.6 is 0 Å². The Morgan fingerprint density at radius 2 is 1.90 bits per heavy atom. The second kappa shape index (κ2) is 6.51. The quantitative estimate of drug-likeness (QED) is 0.677. The summed E-state index contributed by atoms with van der Waals surface area (Å²) in [5.41, 5.74) is 1.28. The molecule has 108 valence electrons. The zero-order valence-electron chi connectivity index (χ0n) is 11.5. The maximum Gasteiger partial charge on any atom is 0.271 e. The van der Waals surface area contributed by atoms with Gasteiger partial charge in [0.25, 0.3) is 5.69 Å². The molecule has 0 fully saturated rings. The van der Waals surface area contributed by atoms with E-state index in [1.165, 1.54) is 18.2 Å². The van der Waals surface area contributed by atoms with E-state index in [9.17, 15) is 14.9 Å². The van der Waals surface area contributed by atoms with Crippen molar-refractivity contribution < 1.29 is 9.72 Å². The van der Waals surface area contributed by atoms with Crippen LogP contribution in [0.1, 0.15) is 0 Å². The first-order valence-electron chi connectivity index (χ1n) is 6.37. The number of nitro groups is 1. The number of hydrogen-bond acceptors (Lipinski definition) is 4. The highest BCUT2D eigenvalue weighted by atomic mass is 16.6. The monoisotopic (exact) mass is 285 g/mol. The first kappa shape index (κ1) is 14.5. The van der Waals surface area contributed by atoms with Gasteiger partial charge in [0, 0.05) is 30.6 Å². The number of carbonyl (C=O) groups excluding carboxylic acids is 1. The molecule has 0 unspecified atom stereocenters. The van der Waals surface area contributed by atoms with E-state index in [1.807, 2.05) is 37.4 Å². The zero-order chi connectivity index (χ0) is 15.2. The highest BCUT2D eigenvalue weighted by Crippen LogP contribution is 2.17. The molecule has 0 spiro atoms. The van der Waals surface area contributed by atoms with Gasteiger partial charge in [0.15, 0.2) is 0 Å². The van der Waals surface area contributed by atoms with Crippen LogP contribution in [0.3, 0.4) is 0 Å². The molecule has 21 heavy (non-hydrogen) atoms. The van der Waals surface area contributed by atoms with E-state index in [2.05, 4.69) is 5.32 Å². The summed E-state index contributed by atoms with van der Waals surface area (Å²) in [5, 5.41) is 13.3. The number of nitro benzene ring substituents is 1. The molecule has 0 bridgehead atoms. The summed E-state index contributed by atoms with van der Waals surface area (Å²) in [5.74, 6) is -0.234. The Morgan fingerprint density at radius 3 is 2.57 bits per heavy atom. The molecule has 2 aromatic rings. The van der Waals surface area contributed by atoms with Crippen molar-refractivity contribution in [3.8, 4) is 0 Å². The molecule has 0 heterocycles. The number of rotatable bonds is 5. The topological polar surface area (TPSA) is 75.5 Å². The second-order valence-corrected chi connectivity index (χ2v) is 4.55. The van der Waals surface area contributed by atoms with Crippen LogP contribution in [0.15, 0.2) is 54.6 Å². The Kier molecular flexibility index (Phi) is 4.50. The van der Waals surface area contributed by atoms with Crippen LogP contribution < -0.4 is 10.2 Å². The minimum Gasteiger partial charge on any atom is -0.365 e. The van der Waals surface area contributed by atoms with Crippen LogP contribution in [0.5, 0.6) is 0 Å². The lowest BCUT2D eigenvalue weighted by atomic mass is 10.2. The molecular formula is C15H15N3O3. The fraction of sp³-hybridized carbons (Fsp3) is 0.133. The molecule has 0 atom stereocenters. The maximum atomic E-state index is 12.0. The van der Waals surface area contributed by atoms with E-state index in [0.717, 1.165) is 5.69 Å². The van der Waals surface area contributed by atoms with Gasteiger partial charge in [-0.2, -0.15) is 0 Å². The molecule has 6 nitrogen and oxygen atoms in total. The predicted octanol–water partition coefficient (Wildman–Crippen LogP) is 2.67. The van der Waals surface area contributed by atoms with Crippen LogP contribution in [0, 0.1) is 10.1 Å². The smallest absolute Gasteiger partial charge is 0.271 e. The summed E-state index contributed by atoms with van der Waals surface area (Å²) in [7, 11) is 1.81. The molecule has 0 aliphatic rings. The van der Waals surface area contributed by atoms with Crippen LogP contribution in [0.25, 0.3) is 0 Å². The maximum absolute atomic E-state index is 12.0. The van der Waals surface area contributed by atoms with Crippen molar-refractivity contribution in [1.29, 1.82) is 0 Å². The highest BCUT2D eigenvalue weighted by molar-refractivity contribution is 5.94. The molecule has 1 amide bonds. The lowest BCUT2D eigenvalue weighted by Gasteiger charge is -2.18. The number of likely N-dealkylation sites (N-methyl/N-ethyl adjacent to an activating group) is 1. The number of hydrogen-bond donors (Lipinski definition) is 1. The largest absolute Gasteiger partial charge is 0.365 e. The average Bonchev–Trinajstić information content (AvgIpc) is 2.48. The zero-order valence-corrected chi connectivity index (χ0v) is 11.5. The Morgan fingerprint density at radius 1 is 1.19 bits per heavy atom. The van der Waals surface area contributed by atoms with Crippen molar-refractivity contribution >= 4 is 23.0 Å². The Hall–Kier alpha value is -2.89. The fourth-order valence-corrected chi connectivity index (χ4v) is 1.89. The van der Waals surface area contributed by atoms with Gasteiger partial charge in [0.05, 0.1) is 11.5 Å². The molecule has 2 aromatic carbocycles. The molecule has 0 saturated heterocycles. The third-order valence-electron chi connectivity index (χ3n) is 2.92. The summed E-state index contributed by atoms with van der Waals surface area (Å²) in [6.07, 6.45) is 0. The van der Waals surface area contributed by atoms with Crippen molar-refractivity contribution in [2.24, 2.45) is 0 Å². The van der Waals surface area contributed by atoms with Gasteiger partial charge in [-0.05, 0) is 18.2 Å². The van der Waals surface area contributed by atoms with Gasteiger partial charge in [-0.3, -0.25) is 14.9 Å². The minimum absolute atomic E-state index is 0.0517. The number of non-ortho nitro benzene ring substituents is 1. The number of carbonyl (C=O) groups is 1. The van der Waals surface area contributed by atoms with Crippen LogP contribution in [0.2, 0.25) is 0 Å². The van der Waals surface area contributed by atoms with Crippen molar-refractivity contribution in [2.45, 2.75) is 0 Å². The van der Waals surface area contributed by atoms with Gasteiger partial charge in [-0.15, -0.1) is 0 Å². The van der Waals surface area contributed by atoms with E-state index < -0.39 is 4.92 Å². The van der Waals surface area contributed by atoms with E-state index in [1.54, 1.807) is 11.0 Å². The molecule has 2 rings (SSSR count). The minimum atomic E-state index is -0.494. The van der Waals surface area contributed by atoms with Crippen LogP contribution in [-0.4, -0.2) is 24.4 Å². The van der Waals surface area contributed by atoms with Crippen molar-refractivity contribution in [1.82, 2.24) is 0 Å². The second-order valence-electron chi connectivity index (χ2n) is 4.55. The third-order valence-corrected chi connectivity index (χ3v) is 2.92. The summed E-state index contributed by atoms with van der Waals surface area (Å²) in [6.45, 7) is 0.159. The molecule has 0 aliphatic heterocycles. The molecule has 1 N–H and O–H groups in total. The van der Waals surface area contributed by atoms with Gasteiger partial charge >= 0.3 is 0 Å². The molecular weight excluding hydrogens is 270 g/mol. The number of para-hydroxylation sites is 1. The standard InChI is InChI=1S/C15H15N3O3/c1-17(13-7-3-2-4-8-13)11-15(19)16-12-6-5-9-14(10-12)18(20)21/h2-10H,11H2,1H3,(H,16,19). The summed E-state index contributed by atoms with van der Waals surface area (Å²) in [6, 6.07) is 15.4. The Bertz CT molecular complexity index is 644. The van der Waals surface area contributed by atoms with E-state index in [4.69, 9.17) is 0 Å². The van der Waals surface area contributed by atoms with Crippen molar-refractivity contribution in [2.75, 3.05) is 23.8 Å². The van der Waals surface area contributed by atoms with Gasteiger partial charge in [0.2, 0.25) is 5.91 Å². The first-order chi connectivity index (χ1) is 10.1. The Labute approximate surface area is 122 Å². The lowest BCUT2D eigenvalue weighted by molar-refractivity contribution is -0.384. The fourth-order valence-electron chi connectivity index (χ4n) is 1.89. The predicted molar refractivity (Wildman–Crippen MR) is 81.4 cm³/mol. The normalized spacial score (nSPS) is 9.95. The van der Waals surface area contributed by atoms with Crippen molar-refractivity contribution in [3.05, 3.63) is 64.7 Å². The summed E-state index contributed by atoms with van der Waals surface area (Å²) >= 11 is 0. The van der Waals surface area contributed by atoms with Gasteiger partial charge in [-0.25, -0.2) is 0 Å². The van der Waals surface area contributed by atoms with Gasteiger partial charge in [0.1, 0.15) is 0 Å². The molecule has 0 aromatic heterocycles. The number of anilines is 2. The molecule has 0 aliphatic carbocycles. The van der Waals surface area contributed by atoms with Gasteiger partial charge < -0.3 is 10.2 Å². The number of nitrogens with one attached hydrogen (secondary N) is 1. The Balaban J connectivity index is 1.99. The summed E-state index contributed by atoms with van der Waals surface area (Å²) in [4.78, 5) is 23.9. The summed E-state index contributed by atoms with van der Waals surface area (Å²) < 4.78 is 0. The van der Waals surface area contributed by atoms with Crippen LogP contribution in [0.4, 0.5) is 17.1 Å². The average molecular weight is 285 g/mol. The molecule has 0 saturated carbocycles. The lowest BCUT2D eigenvalue weighted by Crippen LogP contribution is -2.29.